The number of aromatic nitrogens is 2. The van der Waals surface area contributed by atoms with Crippen molar-refractivity contribution in [3.05, 3.63) is 69.2 Å². The third-order valence-electron chi connectivity index (χ3n) is 3.65. The quantitative estimate of drug-likeness (QED) is 0.627. The average molecular weight is 406 g/mol. The van der Waals surface area contributed by atoms with E-state index in [4.69, 9.17) is 28.6 Å². The van der Waals surface area contributed by atoms with Crippen LogP contribution in [0, 0.1) is 0 Å². The minimum Gasteiger partial charge on any atom is -0.497 e. The molecule has 5 nitrogen and oxygen atoms in total. The van der Waals surface area contributed by atoms with E-state index in [1.54, 1.807) is 25.3 Å². The Morgan fingerprint density at radius 2 is 2.08 bits per heavy atom. The number of fused-ring (bicyclic) bond motifs is 1. The van der Waals surface area contributed by atoms with Gasteiger partial charge in [-0.25, -0.2) is 4.98 Å². The number of thiocarbonyl (C=S) groups is 1. The second-order valence-corrected chi connectivity index (χ2v) is 7.54. The summed E-state index contributed by atoms with van der Waals surface area (Å²) in [5.41, 5.74) is 1.51. The molecular formula is C18H16ClN3O2S2. The Kier molecular flexibility index (Phi) is 6.13. The second-order valence-electron chi connectivity index (χ2n) is 5.45. The third-order valence-corrected chi connectivity index (χ3v) is 5.21. The fraction of sp³-hybridized carbons (Fsp3) is 0.167. The number of H-pyrrole nitrogens is 1. The lowest BCUT2D eigenvalue weighted by molar-refractivity contribution is 0.414. The number of nitrogens with zero attached hydrogens (tertiary/aromatic N) is 1. The molecule has 134 valence electrons. The summed E-state index contributed by atoms with van der Waals surface area (Å²) in [5, 5.41) is 4.17. The van der Waals surface area contributed by atoms with Crippen molar-refractivity contribution in [1.29, 1.82) is 0 Å². The van der Waals surface area contributed by atoms with E-state index < -0.39 is 0 Å². The van der Waals surface area contributed by atoms with Crippen LogP contribution in [-0.4, -0.2) is 21.4 Å². The van der Waals surface area contributed by atoms with Crippen molar-refractivity contribution in [2.75, 3.05) is 7.11 Å². The number of aromatic amines is 1. The van der Waals surface area contributed by atoms with Gasteiger partial charge in [-0.05, 0) is 35.9 Å². The van der Waals surface area contributed by atoms with Crippen LogP contribution in [0.3, 0.4) is 0 Å². The molecule has 3 aromatic rings. The second kappa shape index (κ2) is 8.53. The Balaban J connectivity index is 1.58. The number of nitrogens with one attached hydrogen (secondary N) is 2. The van der Waals surface area contributed by atoms with Crippen LogP contribution < -0.4 is 15.6 Å². The van der Waals surface area contributed by atoms with E-state index in [9.17, 15) is 4.79 Å². The molecule has 8 heteroatoms. The fourth-order valence-corrected chi connectivity index (χ4v) is 3.33. The zero-order valence-corrected chi connectivity index (χ0v) is 16.3. The lowest BCUT2D eigenvalue weighted by atomic mass is 10.2. The summed E-state index contributed by atoms with van der Waals surface area (Å²) in [7, 11) is 1.64. The Hall–Kier alpha value is -2.09. The summed E-state index contributed by atoms with van der Waals surface area (Å²) >= 11 is 12.7. The molecule has 1 aromatic heterocycles. The highest BCUT2D eigenvalue weighted by Crippen LogP contribution is 2.16. The Morgan fingerprint density at radius 3 is 2.81 bits per heavy atom. The van der Waals surface area contributed by atoms with Gasteiger partial charge in [0.05, 0.1) is 23.8 Å². The predicted octanol–water partition coefficient (Wildman–Crippen LogP) is 3.89. The lowest BCUT2D eigenvalue weighted by Gasteiger charge is -2.08. The molecule has 0 spiro atoms. The maximum Gasteiger partial charge on any atom is 0.258 e. The monoisotopic (exact) mass is 405 g/mol. The molecule has 2 N–H and O–H groups in total. The highest BCUT2D eigenvalue weighted by molar-refractivity contribution is 8.22. The van der Waals surface area contributed by atoms with Crippen molar-refractivity contribution in [3.63, 3.8) is 0 Å². The van der Waals surface area contributed by atoms with Gasteiger partial charge in [-0.1, -0.05) is 47.7 Å². The molecule has 0 atom stereocenters. The SMILES string of the molecule is COc1ccc(CNC(=S)SCc2nc3ccc(Cl)cc3c(=O)[nH]2)cc1. The summed E-state index contributed by atoms with van der Waals surface area (Å²) in [6.45, 7) is 0.621. The number of thioether (sulfide) groups is 1. The van der Waals surface area contributed by atoms with E-state index in [1.807, 2.05) is 24.3 Å². The molecule has 0 saturated heterocycles. The van der Waals surface area contributed by atoms with Crippen LogP contribution in [0.15, 0.2) is 47.3 Å². The zero-order valence-electron chi connectivity index (χ0n) is 13.9. The van der Waals surface area contributed by atoms with Gasteiger partial charge in [0, 0.05) is 11.6 Å². The minimum atomic E-state index is -0.204. The van der Waals surface area contributed by atoms with Gasteiger partial charge in [-0.3, -0.25) is 4.79 Å². The lowest BCUT2D eigenvalue weighted by Crippen LogP contribution is -2.18. The van der Waals surface area contributed by atoms with Gasteiger partial charge >= 0.3 is 0 Å². The molecular weight excluding hydrogens is 390 g/mol. The van der Waals surface area contributed by atoms with Crippen molar-refractivity contribution >= 4 is 50.8 Å². The first kappa shape index (κ1) is 18.7. The number of halogens is 1. The van der Waals surface area contributed by atoms with Crippen LogP contribution in [0.4, 0.5) is 0 Å². The van der Waals surface area contributed by atoms with Crippen LogP contribution >= 0.6 is 35.6 Å². The van der Waals surface area contributed by atoms with Gasteiger partial charge in [-0.15, -0.1) is 0 Å². The Labute approximate surface area is 165 Å². The highest BCUT2D eigenvalue weighted by atomic mass is 35.5. The highest BCUT2D eigenvalue weighted by Gasteiger charge is 2.06. The van der Waals surface area contributed by atoms with Crippen molar-refractivity contribution in [2.45, 2.75) is 12.3 Å². The summed E-state index contributed by atoms with van der Waals surface area (Å²) < 4.78 is 5.77. The Bertz CT molecular complexity index is 990. The molecule has 0 bridgehead atoms. The first-order chi connectivity index (χ1) is 12.5. The fourth-order valence-electron chi connectivity index (χ4n) is 2.33. The van der Waals surface area contributed by atoms with E-state index in [2.05, 4.69) is 15.3 Å². The topological polar surface area (TPSA) is 67.0 Å². The Morgan fingerprint density at radius 1 is 1.31 bits per heavy atom. The van der Waals surface area contributed by atoms with Gasteiger partial charge in [0.25, 0.3) is 5.56 Å². The van der Waals surface area contributed by atoms with Gasteiger partial charge in [0.15, 0.2) is 0 Å². The molecule has 1 heterocycles. The van der Waals surface area contributed by atoms with Crippen LogP contribution in [0.1, 0.15) is 11.4 Å². The maximum atomic E-state index is 12.1. The standard InChI is InChI=1S/C18H16ClN3O2S2/c1-24-13-5-2-11(3-6-13)9-20-18(25)26-10-16-21-15-7-4-12(19)8-14(15)17(23)22-16/h2-8H,9-10H2,1H3,(H,20,25)(H,21,22,23). The normalized spacial score (nSPS) is 10.7. The van der Waals surface area contributed by atoms with Crippen molar-refractivity contribution in [2.24, 2.45) is 0 Å². The van der Waals surface area contributed by atoms with Gasteiger partial charge in [0.1, 0.15) is 15.9 Å². The smallest absolute Gasteiger partial charge is 0.258 e. The molecule has 0 aliphatic heterocycles. The summed E-state index contributed by atoms with van der Waals surface area (Å²) in [4.78, 5) is 19.4. The van der Waals surface area contributed by atoms with E-state index in [0.717, 1.165) is 11.3 Å². The zero-order chi connectivity index (χ0) is 18.5. The number of methoxy groups -OCH3 is 1. The van der Waals surface area contributed by atoms with E-state index >= 15 is 0 Å². The first-order valence-electron chi connectivity index (χ1n) is 7.77. The van der Waals surface area contributed by atoms with E-state index in [1.165, 1.54) is 11.8 Å². The summed E-state index contributed by atoms with van der Waals surface area (Å²) in [6, 6.07) is 12.8. The van der Waals surface area contributed by atoms with Gasteiger partial charge in [0.2, 0.25) is 0 Å². The number of ether oxygens (including phenoxy) is 1. The molecule has 0 unspecified atom stereocenters. The van der Waals surface area contributed by atoms with Crippen LogP contribution in [0.25, 0.3) is 10.9 Å². The van der Waals surface area contributed by atoms with Crippen LogP contribution in [-0.2, 0) is 12.3 Å². The van der Waals surface area contributed by atoms with E-state index in [0.29, 0.717) is 38.4 Å². The molecule has 26 heavy (non-hydrogen) atoms. The molecule has 0 radical (unpaired) electrons. The number of hydrogen-bond donors (Lipinski definition) is 2. The minimum absolute atomic E-state index is 0.204. The third kappa shape index (κ3) is 4.75. The molecule has 3 rings (SSSR count). The molecule has 0 aliphatic carbocycles. The average Bonchev–Trinajstić information content (AvgIpc) is 2.65. The van der Waals surface area contributed by atoms with Crippen molar-refractivity contribution in [3.8, 4) is 5.75 Å². The largest absolute Gasteiger partial charge is 0.497 e. The van der Waals surface area contributed by atoms with Crippen molar-refractivity contribution < 1.29 is 4.74 Å². The molecule has 0 fully saturated rings. The van der Waals surface area contributed by atoms with Crippen LogP contribution in [0.5, 0.6) is 5.75 Å². The van der Waals surface area contributed by atoms with Gasteiger partial charge in [-0.2, -0.15) is 0 Å². The first-order valence-corrected chi connectivity index (χ1v) is 9.54. The predicted molar refractivity (Wildman–Crippen MR) is 111 cm³/mol. The summed E-state index contributed by atoms with van der Waals surface area (Å²) in [6.07, 6.45) is 0. The summed E-state index contributed by atoms with van der Waals surface area (Å²) in [5.74, 6) is 1.86. The number of hydrogen-bond acceptors (Lipinski definition) is 5. The van der Waals surface area contributed by atoms with E-state index in [-0.39, 0.29) is 5.56 Å². The maximum absolute atomic E-state index is 12.1. The van der Waals surface area contributed by atoms with Crippen molar-refractivity contribution in [1.82, 2.24) is 15.3 Å². The van der Waals surface area contributed by atoms with Crippen LogP contribution in [0.2, 0.25) is 5.02 Å². The number of benzene rings is 2. The molecule has 2 aromatic carbocycles. The van der Waals surface area contributed by atoms with Gasteiger partial charge < -0.3 is 15.0 Å². The molecule has 0 aliphatic rings. The molecule has 0 amide bonds. The number of rotatable bonds is 5. The molecule has 0 saturated carbocycles.